The number of rotatable bonds is 15. The van der Waals surface area contributed by atoms with Gasteiger partial charge in [-0.3, -0.25) is 20.9 Å². The van der Waals surface area contributed by atoms with Crippen molar-refractivity contribution in [2.24, 2.45) is 0 Å². The topological polar surface area (TPSA) is 337 Å². The molecule has 0 fully saturated rings. The number of carbonyl (C=O) groups is 4. The van der Waals surface area contributed by atoms with E-state index in [1.54, 1.807) is 77.4 Å². The van der Waals surface area contributed by atoms with Crippen molar-refractivity contribution in [2.75, 3.05) is 24.7 Å². The summed E-state index contributed by atoms with van der Waals surface area (Å²) in [6.07, 6.45) is 18.9. The molecule has 122 heavy (non-hydrogen) atoms. The van der Waals surface area contributed by atoms with Crippen LogP contribution in [-0.2, 0) is 171 Å². The van der Waals surface area contributed by atoms with Crippen LogP contribution in [0.25, 0.3) is 77.1 Å². The number of aliphatic hydroxyl groups is 4. The van der Waals surface area contributed by atoms with Crippen LogP contribution >= 0.6 is 34.0 Å². The number of hydrogen-bond donors (Lipinski definition) is 8. The van der Waals surface area contributed by atoms with Crippen LogP contribution in [0, 0.1) is 63.6 Å². The van der Waals surface area contributed by atoms with Gasteiger partial charge in [0, 0.05) is 151 Å². The number of anilines is 3. The molecule has 32 heteroatoms. The largest absolute Gasteiger partial charge is 2.00 e. The number of carboxylic acid groups (broad SMARTS) is 4. The minimum atomic E-state index is -1.31. The summed E-state index contributed by atoms with van der Waals surface area (Å²) < 4.78 is 11.3. The molecule has 0 unspecified atom stereocenters. The molecule has 0 aliphatic rings. The Hall–Kier alpha value is -8.89. The molecule has 0 amide bonds. The number of hydrogen-bond acceptors (Lipinski definition) is 22. The Morgan fingerprint density at radius 3 is 1.46 bits per heavy atom. The van der Waals surface area contributed by atoms with Crippen LogP contribution in [0.2, 0.25) is 0 Å². The Kier molecular flexibility index (Phi) is 70.8. The maximum Gasteiger partial charge on any atom is 2.00 e. The summed E-state index contributed by atoms with van der Waals surface area (Å²) in [5.74, 6) is -4.25. The van der Waals surface area contributed by atoms with Crippen molar-refractivity contribution in [2.45, 2.75) is 33.1 Å². The van der Waals surface area contributed by atoms with Crippen molar-refractivity contribution < 1.29 is 195 Å². The molecule has 11 heterocycles. The van der Waals surface area contributed by atoms with Gasteiger partial charge >= 0.3 is 66.0 Å². The molecule has 0 aliphatic heterocycles. The van der Waals surface area contributed by atoms with Crippen molar-refractivity contribution in [3.63, 3.8) is 0 Å². The van der Waals surface area contributed by atoms with Crippen LogP contribution in [0.1, 0.15) is 30.4 Å². The first-order chi connectivity index (χ1) is 56.4. The number of benzene rings is 4. The zero-order valence-electron chi connectivity index (χ0n) is 64.7. The van der Waals surface area contributed by atoms with Crippen molar-refractivity contribution in [3.05, 3.63) is 368 Å². The fourth-order valence-electron chi connectivity index (χ4n) is 8.60. The van der Waals surface area contributed by atoms with Gasteiger partial charge in [-0.15, -0.1) is 75.8 Å². The van der Waals surface area contributed by atoms with Crippen molar-refractivity contribution in [1.82, 2.24) is 29.9 Å². The van der Waals surface area contributed by atoms with Gasteiger partial charge < -0.3 is 124 Å². The van der Waals surface area contributed by atoms with E-state index in [0.29, 0.717) is 18.1 Å². The molecule has 0 saturated carbocycles. The number of thiophene rings is 3. The molecule has 15 aromatic rings. The summed E-state index contributed by atoms with van der Waals surface area (Å²) in [7, 11) is 0. The molecule has 656 valence electrons. The van der Waals surface area contributed by atoms with Gasteiger partial charge in [0.1, 0.15) is 13.0 Å². The number of pyridine rings is 6. The van der Waals surface area contributed by atoms with E-state index in [0.717, 1.165) is 96.8 Å². The summed E-state index contributed by atoms with van der Waals surface area (Å²) >= 11 is 13.5. The third-order valence-corrected chi connectivity index (χ3v) is 16.3. The molecule has 15 rings (SSSR count). The predicted octanol–water partition coefficient (Wildman–Crippen LogP) is 19.6. The molecule has 4 aromatic carbocycles. The quantitative estimate of drug-likeness (QED) is 0.0155. The van der Waals surface area contributed by atoms with Gasteiger partial charge in [0.15, 0.2) is 0 Å². The molecule has 0 saturated heterocycles. The maximum absolute atomic E-state index is 9.43. The zero-order valence-corrected chi connectivity index (χ0v) is 82.4. The van der Waals surface area contributed by atoms with Crippen LogP contribution in [-0.4, -0.2) is 114 Å². The Morgan fingerprint density at radius 1 is 0.516 bits per heavy atom. The molecule has 0 bridgehead atoms. The Balaban J connectivity index is -0.00000132. The molecule has 8 N–H and O–H groups in total. The Labute approximate surface area is 819 Å². The van der Waals surface area contributed by atoms with Crippen LogP contribution in [0.15, 0.2) is 316 Å². The monoisotopic (exact) mass is 2810 g/mol. The van der Waals surface area contributed by atoms with Crippen LogP contribution in [0.4, 0.5) is 17.1 Å². The van der Waals surface area contributed by atoms with E-state index in [1.165, 1.54) is 26.5 Å². The number of aromatic nitrogens is 6. The van der Waals surface area contributed by atoms with Crippen molar-refractivity contribution in [1.29, 1.82) is 0 Å². The second kappa shape index (κ2) is 73.6. The summed E-state index contributed by atoms with van der Waals surface area (Å²) in [6, 6.07) is 84.7. The maximum atomic E-state index is 9.43. The average Bonchev–Trinajstić information content (AvgIpc) is 1.79. The number of unbranched alkanes of at least 4 members (excludes halogenated alkanes) is 1. The minimum absolute atomic E-state index is 0. The summed E-state index contributed by atoms with van der Waals surface area (Å²) in [5.41, 5.74) is 15.4. The van der Waals surface area contributed by atoms with Gasteiger partial charge in [-0.25, -0.2) is 55.9 Å². The average molecular weight is 2820 g/mol. The predicted molar refractivity (Wildman–Crippen MR) is 463 cm³/mol. The number of carboxylic acids is 4. The summed E-state index contributed by atoms with van der Waals surface area (Å²) in [4.78, 5) is 66.2. The fourth-order valence-corrected chi connectivity index (χ4v) is 10.7. The van der Waals surface area contributed by atoms with Gasteiger partial charge in [0.2, 0.25) is 0 Å². The molecule has 0 radical (unpaired) electrons. The van der Waals surface area contributed by atoms with E-state index in [2.05, 4.69) is 195 Å². The summed E-state index contributed by atoms with van der Waals surface area (Å²) in [5, 5.41) is 74.3. The number of aliphatic hydroxyl groups excluding tert-OH is 4. The number of furan rings is 2. The van der Waals surface area contributed by atoms with Gasteiger partial charge in [-0.2, -0.15) is 23.8 Å². The van der Waals surface area contributed by atoms with Gasteiger partial charge in [0.25, 0.3) is 0 Å². The van der Waals surface area contributed by atoms with Gasteiger partial charge in [-0.05, 0) is 121 Å². The normalized spacial score (nSPS) is 9.20. The Bertz CT molecular complexity index is 5000. The zero-order chi connectivity index (χ0) is 84.2. The first-order valence-electron chi connectivity index (χ1n) is 34.6. The van der Waals surface area contributed by atoms with E-state index < -0.39 is 36.9 Å². The smallest absolute Gasteiger partial charge is 0.789 e. The number of nitrogens with zero attached hydrogens (tertiary/aromatic N) is 7. The van der Waals surface area contributed by atoms with E-state index in [4.69, 9.17) is 54.5 Å². The molecule has 11 aromatic heterocycles. The molecule has 21 nitrogen and oxygen atoms in total. The van der Waals surface area contributed by atoms with Crippen LogP contribution in [0.3, 0.4) is 0 Å². The van der Waals surface area contributed by atoms with Crippen LogP contribution in [0.5, 0.6) is 0 Å². The standard InChI is InChI=1S/C23H17N2.C13H8NS.2C10H8NO.2C9H6NS.C4H8.C3H4O4.C3H4O3.C2H4O3.C2H6O2.C2H4S2.6Pt/c1-3-11-20(12-4-1)25(21-13-5-2-6-14-21)22-15-9-10-19(18-22)23-16-7-8-17-24-23;1-2-7-13-10(5-1)11(9-15-13)12-6-3-4-8-14-12;1-8-2-4-11-10(6-8)9-3-5-12-7-9;1-8-4-2-6-11-10(8)9-5-3-7-12-9;1-2-6-10-8(4-1)9-5-3-7-11-9;1-2-5-10-9(3-1)8-4-6-11-7-8;1-3-4-2;4-2(5)1-3(6)7;4-2-1-3(5)6;3-1-2(4)5;2*3-1-2-4;;;;;;/h1-9,11-18H;1-8H;2-6H,1H3;2-4,6-7H,1H3;1-4,6-7H;1-3,5-7H;1-4H2;1H2,(H,4,5)(H,6,7);1-2,4H,(H,5,6);3H,1H2,(H,4,5);3-4H,1-2H2;1-4H;;;;;;/q6*-1;-2;;;;;;;;;;2*+2/p-2. The first-order valence-corrected chi connectivity index (χ1v) is 38.1. The summed E-state index contributed by atoms with van der Waals surface area (Å²) in [6.45, 7) is 10.1. The van der Waals surface area contributed by atoms with Crippen molar-refractivity contribution in [3.8, 4) is 67.1 Å². The molecular weight excluding hydrogens is 2730 g/mol. The first kappa shape index (κ1) is 117. The third kappa shape index (κ3) is 48.8. The molecule has 0 atom stereocenters. The van der Waals surface area contributed by atoms with E-state index in [1.807, 2.05) is 170 Å². The SMILES string of the molecule is Cc1cccnc1-c1[c-]cco1.Cc1ccnc(-c2[c-]occ2)c1.O=C(O)C=CO.O=C(O)CC(=O)O.O=C(O)CO.OCCO.[CH2-]CC[CH2-].[Pt+2].[Pt+2].[Pt].[Pt].[Pt].[Pt].[S-]C=C[S-].[c-]1ccc(N(c2ccccc2)c2ccccc2)cc1-c1ccccn1.[c-]1ccsc1-c1ccccn1.[c-]1cscc1-c1ccccn1.[c-]1sc2ccccc2c1-c1ccccn1. The van der Waals surface area contributed by atoms with E-state index in [-0.39, 0.29) is 140 Å². The van der Waals surface area contributed by atoms with Crippen LogP contribution < -0.4 is 4.90 Å². The molecular formula is C90H81N7O14Pt6S5-6. The second-order valence-electron chi connectivity index (χ2n) is 22.0. The number of aryl methyl sites for hydroxylation is 2. The Morgan fingerprint density at radius 2 is 1.04 bits per heavy atom. The van der Waals surface area contributed by atoms with E-state index in [9.17, 15) is 14.4 Å². The number of aliphatic carboxylic acids is 4. The second-order valence-corrected chi connectivity index (χ2v) is 25.1. The van der Waals surface area contributed by atoms with Crippen molar-refractivity contribution >= 4 is 110 Å². The fraction of sp³-hybridized carbons (Fsp3) is 0.0889. The molecule has 0 aliphatic carbocycles. The minimum Gasteiger partial charge on any atom is -0.789 e. The number of para-hydroxylation sites is 2. The number of fused-ring (bicyclic) bond motifs is 1. The molecule has 0 spiro atoms. The van der Waals surface area contributed by atoms with Gasteiger partial charge in [0.05, 0.1) is 25.6 Å². The third-order valence-electron chi connectivity index (χ3n) is 13.5. The van der Waals surface area contributed by atoms with E-state index >= 15 is 0 Å². The van der Waals surface area contributed by atoms with Gasteiger partial charge in [-0.1, -0.05) is 152 Å².